The van der Waals surface area contributed by atoms with Gasteiger partial charge in [-0.2, -0.15) is 5.26 Å². The highest BCUT2D eigenvalue weighted by atomic mass is 32.2. The first kappa shape index (κ1) is 21.2. The van der Waals surface area contributed by atoms with Crippen LogP contribution in [0.3, 0.4) is 0 Å². The molecule has 0 fully saturated rings. The molecule has 0 saturated heterocycles. The van der Waals surface area contributed by atoms with Crippen molar-refractivity contribution in [2.45, 2.75) is 17.2 Å². The van der Waals surface area contributed by atoms with E-state index < -0.39 is 5.92 Å². The number of para-hydroxylation sites is 4. The number of hydrogen-bond acceptors (Lipinski definition) is 9. The molecule has 8 nitrogen and oxygen atoms in total. The van der Waals surface area contributed by atoms with Crippen molar-refractivity contribution < 1.29 is 9.53 Å². The molecule has 0 saturated carbocycles. The fourth-order valence-corrected chi connectivity index (χ4v) is 5.42. The molecule has 1 N–H and O–H groups in total. The van der Waals surface area contributed by atoms with E-state index in [1.54, 1.807) is 6.08 Å². The second kappa shape index (κ2) is 9.05. The number of carbonyl (C=O) groups is 1. The maximum Gasteiger partial charge on any atom is 0.256 e. The highest BCUT2D eigenvalue weighted by Crippen LogP contribution is 2.36. The number of imidazole rings is 1. The first-order valence-corrected chi connectivity index (χ1v) is 12.0. The van der Waals surface area contributed by atoms with Gasteiger partial charge in [0.25, 0.3) is 5.91 Å². The summed E-state index contributed by atoms with van der Waals surface area (Å²) in [7, 11) is 0. The Hall–Kier alpha value is -3.68. The number of nitriles is 1. The maximum atomic E-state index is 12.8. The van der Waals surface area contributed by atoms with E-state index in [1.165, 1.54) is 27.7 Å². The molecule has 2 aromatic carbocycles. The van der Waals surface area contributed by atoms with Gasteiger partial charge in [0.2, 0.25) is 5.13 Å². The molecule has 0 amide bonds. The lowest BCUT2D eigenvalue weighted by Gasteiger charge is -2.18. The minimum atomic E-state index is -0.591. The minimum Gasteiger partial charge on any atom is -0.492 e. The molecule has 0 aliphatic carbocycles. The monoisotopic (exact) mass is 474 g/mol. The van der Waals surface area contributed by atoms with Crippen LogP contribution >= 0.6 is 23.1 Å². The molecule has 164 valence electrons. The molecule has 33 heavy (non-hydrogen) atoms. The quantitative estimate of drug-likeness (QED) is 0.373. The zero-order chi connectivity index (χ0) is 22.8. The Bertz CT molecular complexity index is 1420. The summed E-state index contributed by atoms with van der Waals surface area (Å²) in [5, 5.41) is 22.2. The molecular weight excluding hydrogens is 456 g/mol. The van der Waals surface area contributed by atoms with Crippen molar-refractivity contribution in [3.8, 4) is 11.8 Å². The number of anilines is 2. The van der Waals surface area contributed by atoms with Crippen molar-refractivity contribution in [2.75, 3.05) is 17.7 Å². The van der Waals surface area contributed by atoms with Crippen molar-refractivity contribution in [2.24, 2.45) is 0 Å². The molecule has 10 heteroatoms. The van der Waals surface area contributed by atoms with E-state index in [0.29, 0.717) is 39.9 Å². The van der Waals surface area contributed by atoms with Crippen molar-refractivity contribution in [1.29, 1.82) is 5.26 Å². The molecule has 1 atom stereocenters. The van der Waals surface area contributed by atoms with Crippen molar-refractivity contribution in [1.82, 2.24) is 19.7 Å². The molecule has 0 spiro atoms. The lowest BCUT2D eigenvalue weighted by Crippen LogP contribution is -2.22. The van der Waals surface area contributed by atoms with Crippen molar-refractivity contribution in [3.63, 3.8) is 0 Å². The standard InChI is InChI=1S/C23H18N6O2S2/c1-2-31-19-10-6-4-8-17(19)26-22-27-28-23(33-22)32-13-14-11-20(30)29-18-9-5-3-7-16(18)25-21(29)15(14)12-24/h3-11,15H,2,13H2,1H3,(H,26,27)/t15-/m0/s1. The molecule has 3 heterocycles. The van der Waals surface area contributed by atoms with Gasteiger partial charge in [-0.05, 0) is 36.8 Å². The maximum absolute atomic E-state index is 12.8. The first-order valence-electron chi connectivity index (χ1n) is 10.2. The van der Waals surface area contributed by atoms with Gasteiger partial charge in [0.05, 0.1) is 29.4 Å². The van der Waals surface area contributed by atoms with E-state index in [2.05, 4.69) is 26.6 Å². The molecule has 1 aliphatic heterocycles. The Kier molecular flexibility index (Phi) is 5.81. The van der Waals surface area contributed by atoms with Crippen molar-refractivity contribution >= 4 is 50.9 Å². The highest BCUT2D eigenvalue weighted by molar-refractivity contribution is 8.01. The number of allylic oxidation sites excluding steroid dienone is 1. The van der Waals surface area contributed by atoms with Gasteiger partial charge in [0.15, 0.2) is 4.34 Å². The van der Waals surface area contributed by atoms with Gasteiger partial charge in [-0.15, -0.1) is 10.2 Å². The number of rotatable bonds is 7. The zero-order valence-electron chi connectivity index (χ0n) is 17.6. The van der Waals surface area contributed by atoms with Crippen LogP contribution in [-0.4, -0.2) is 38.0 Å². The van der Waals surface area contributed by atoms with Crippen LogP contribution in [0.25, 0.3) is 11.0 Å². The highest BCUT2D eigenvalue weighted by Gasteiger charge is 2.31. The van der Waals surface area contributed by atoms with Crippen LogP contribution in [0.5, 0.6) is 5.75 Å². The Balaban J connectivity index is 1.32. The van der Waals surface area contributed by atoms with E-state index >= 15 is 0 Å². The van der Waals surface area contributed by atoms with Gasteiger partial charge in [-0.25, -0.2) is 4.98 Å². The topological polar surface area (TPSA) is 106 Å². The average molecular weight is 475 g/mol. The number of carbonyl (C=O) groups excluding carboxylic acids is 1. The summed E-state index contributed by atoms with van der Waals surface area (Å²) in [5.74, 6) is 0.875. The summed E-state index contributed by atoms with van der Waals surface area (Å²) in [5.41, 5.74) is 2.95. The van der Waals surface area contributed by atoms with Crippen LogP contribution in [0.1, 0.15) is 23.5 Å². The van der Waals surface area contributed by atoms with E-state index in [0.717, 1.165) is 15.8 Å². The average Bonchev–Trinajstić information content (AvgIpc) is 3.44. The van der Waals surface area contributed by atoms with Gasteiger partial charge >= 0.3 is 0 Å². The minimum absolute atomic E-state index is 0.187. The number of ether oxygens (including phenoxy) is 1. The van der Waals surface area contributed by atoms with E-state index in [1.807, 2.05) is 55.5 Å². The fraction of sp³-hybridized carbons (Fsp3) is 0.174. The van der Waals surface area contributed by atoms with E-state index in [9.17, 15) is 10.1 Å². The Morgan fingerprint density at radius 2 is 2.03 bits per heavy atom. The Morgan fingerprint density at radius 1 is 1.21 bits per heavy atom. The lowest BCUT2D eigenvalue weighted by atomic mass is 9.98. The van der Waals surface area contributed by atoms with Crippen LogP contribution in [0, 0.1) is 11.3 Å². The number of nitrogens with one attached hydrogen (secondary N) is 1. The van der Waals surface area contributed by atoms with Crippen LogP contribution in [0.15, 0.2) is 64.5 Å². The molecule has 4 aromatic rings. The molecule has 1 aliphatic rings. The van der Waals surface area contributed by atoms with E-state index in [-0.39, 0.29) is 5.91 Å². The summed E-state index contributed by atoms with van der Waals surface area (Å²) in [6.45, 7) is 2.50. The summed E-state index contributed by atoms with van der Waals surface area (Å²) >= 11 is 2.84. The Morgan fingerprint density at radius 3 is 2.88 bits per heavy atom. The number of fused-ring (bicyclic) bond motifs is 3. The summed E-state index contributed by atoms with van der Waals surface area (Å²) in [6, 6.07) is 17.4. The third-order valence-corrected chi connectivity index (χ3v) is 7.11. The predicted octanol–water partition coefficient (Wildman–Crippen LogP) is 5.01. The molecule has 0 unspecified atom stereocenters. The van der Waals surface area contributed by atoms with Crippen LogP contribution < -0.4 is 10.1 Å². The number of hydrogen-bond donors (Lipinski definition) is 1. The number of benzene rings is 2. The molecule has 0 bridgehead atoms. The van der Waals surface area contributed by atoms with Gasteiger partial charge in [0, 0.05) is 11.8 Å². The predicted molar refractivity (Wildman–Crippen MR) is 128 cm³/mol. The SMILES string of the molecule is CCOc1ccccc1Nc1nnc(SCC2=CC(=O)n3c(nc4ccccc43)[C@H]2C#N)s1. The second-order valence-corrected chi connectivity index (χ2v) is 9.33. The van der Waals surface area contributed by atoms with Gasteiger partial charge in [-0.1, -0.05) is 47.4 Å². The normalized spacial score (nSPS) is 15.1. The largest absolute Gasteiger partial charge is 0.492 e. The van der Waals surface area contributed by atoms with Crippen LogP contribution in [0.4, 0.5) is 10.8 Å². The van der Waals surface area contributed by atoms with Crippen LogP contribution in [-0.2, 0) is 0 Å². The van der Waals surface area contributed by atoms with Crippen LogP contribution in [0.2, 0.25) is 0 Å². The number of thioether (sulfide) groups is 1. The molecule has 2 aromatic heterocycles. The summed E-state index contributed by atoms with van der Waals surface area (Å²) in [6.07, 6.45) is 1.54. The molecule has 5 rings (SSSR count). The lowest BCUT2D eigenvalue weighted by molar-refractivity contribution is 0.0964. The summed E-state index contributed by atoms with van der Waals surface area (Å²) in [4.78, 5) is 17.4. The van der Waals surface area contributed by atoms with E-state index in [4.69, 9.17) is 4.74 Å². The van der Waals surface area contributed by atoms with Gasteiger partial charge in [0.1, 0.15) is 17.5 Å². The first-order chi connectivity index (χ1) is 16.2. The Labute approximate surface area is 197 Å². The van der Waals surface area contributed by atoms with Crippen molar-refractivity contribution in [3.05, 3.63) is 66.0 Å². The molecular formula is C23H18N6O2S2. The smallest absolute Gasteiger partial charge is 0.256 e. The zero-order valence-corrected chi connectivity index (χ0v) is 19.2. The third kappa shape index (κ3) is 4.08. The summed E-state index contributed by atoms with van der Waals surface area (Å²) < 4.78 is 7.90. The number of aromatic nitrogens is 4. The third-order valence-electron chi connectivity index (χ3n) is 5.07. The molecule has 0 radical (unpaired) electrons. The van der Waals surface area contributed by atoms with Gasteiger partial charge in [-0.3, -0.25) is 9.36 Å². The fourth-order valence-electron chi connectivity index (χ4n) is 3.64. The number of nitrogens with zero attached hydrogens (tertiary/aromatic N) is 5. The van der Waals surface area contributed by atoms with Gasteiger partial charge < -0.3 is 10.1 Å². The second-order valence-electron chi connectivity index (χ2n) is 7.13.